The monoisotopic (exact) mass is 302 g/mol. The molecule has 1 heterocycles. The Kier molecular flexibility index (Phi) is 2.49. The fraction of sp³-hybridized carbons (Fsp3) is 0.125. The number of rotatable bonds is 2. The summed E-state index contributed by atoms with van der Waals surface area (Å²) in [5, 5.41) is 2.43. The lowest BCUT2D eigenvalue weighted by molar-refractivity contribution is -0.137. The molecule has 4 rings (SSSR count). The number of amides is 1. The van der Waals surface area contributed by atoms with Gasteiger partial charge in [-0.25, -0.2) is 4.98 Å². The second kappa shape index (κ2) is 4.19. The van der Waals surface area contributed by atoms with Crippen LogP contribution in [0.15, 0.2) is 64.4 Å². The van der Waals surface area contributed by atoms with Crippen LogP contribution in [0.25, 0.3) is 0 Å². The molecule has 0 aliphatic heterocycles. The van der Waals surface area contributed by atoms with Crippen LogP contribution in [-0.2, 0) is 11.0 Å². The van der Waals surface area contributed by atoms with Gasteiger partial charge in [-0.15, -0.1) is 0 Å². The Morgan fingerprint density at radius 3 is 2.82 bits per heavy atom. The largest absolute Gasteiger partial charge is 0.416 e. The molecule has 22 heavy (non-hydrogen) atoms. The average Bonchev–Trinajstić information content (AvgIpc) is 2.93. The van der Waals surface area contributed by atoms with Crippen molar-refractivity contribution in [3.05, 3.63) is 70.0 Å². The highest BCUT2D eigenvalue weighted by Gasteiger charge is 2.37. The maximum absolute atomic E-state index is 12.7. The van der Waals surface area contributed by atoms with Crippen molar-refractivity contribution in [3.63, 3.8) is 0 Å². The first kappa shape index (κ1) is 13.1. The van der Waals surface area contributed by atoms with Crippen molar-refractivity contribution in [2.75, 3.05) is 5.32 Å². The van der Waals surface area contributed by atoms with Gasteiger partial charge in [0.1, 0.15) is 5.82 Å². The molecule has 0 saturated heterocycles. The van der Waals surface area contributed by atoms with E-state index in [-0.39, 0.29) is 5.82 Å². The zero-order valence-corrected chi connectivity index (χ0v) is 11.2. The Bertz CT molecular complexity index is 841. The van der Waals surface area contributed by atoms with Crippen LogP contribution in [0.3, 0.4) is 0 Å². The quantitative estimate of drug-likeness (QED) is 0.908. The molecule has 6 heteroatoms. The van der Waals surface area contributed by atoms with Crippen molar-refractivity contribution in [1.29, 1.82) is 0 Å². The standard InChI is InChI=1S/C16H9F3N2O/c17-16(18,19)9-3-4-20-14(7-9)21-15(22)11-2-1-10-12-5-8(12)6-13(10)11/h1-4,6-7H,5H2,(H,20,21,22). The first-order chi connectivity index (χ1) is 10.4. The highest BCUT2D eigenvalue weighted by molar-refractivity contribution is 6.10. The SMILES string of the molecule is O=C(Nc1cc(C(F)(F)F)ccn1)C1=CC=C2C1=CC1=C2C1. The van der Waals surface area contributed by atoms with Gasteiger partial charge in [0.2, 0.25) is 0 Å². The molecule has 1 N–H and O–H groups in total. The molecule has 1 aromatic heterocycles. The molecule has 3 nitrogen and oxygen atoms in total. The molecule has 0 saturated carbocycles. The summed E-state index contributed by atoms with van der Waals surface area (Å²) in [4.78, 5) is 16.0. The molecular formula is C16H9F3N2O. The Labute approximate surface area is 123 Å². The summed E-state index contributed by atoms with van der Waals surface area (Å²) in [6.45, 7) is 0. The van der Waals surface area contributed by atoms with E-state index < -0.39 is 17.6 Å². The molecule has 0 spiro atoms. The normalized spacial score (nSPS) is 18.4. The lowest BCUT2D eigenvalue weighted by Crippen LogP contribution is -2.17. The fourth-order valence-electron chi connectivity index (χ4n) is 2.69. The second-order valence-corrected chi connectivity index (χ2v) is 5.28. The second-order valence-electron chi connectivity index (χ2n) is 5.28. The summed E-state index contributed by atoms with van der Waals surface area (Å²) in [5.74, 6) is -0.565. The molecule has 3 aliphatic carbocycles. The van der Waals surface area contributed by atoms with E-state index in [4.69, 9.17) is 0 Å². The maximum atomic E-state index is 12.7. The summed E-state index contributed by atoms with van der Waals surface area (Å²) >= 11 is 0. The number of halogens is 3. The van der Waals surface area contributed by atoms with Gasteiger partial charge in [-0.3, -0.25) is 4.79 Å². The van der Waals surface area contributed by atoms with Crippen molar-refractivity contribution in [2.24, 2.45) is 0 Å². The van der Waals surface area contributed by atoms with E-state index in [2.05, 4.69) is 10.3 Å². The zero-order valence-electron chi connectivity index (χ0n) is 11.2. The van der Waals surface area contributed by atoms with Crippen LogP contribution in [0.4, 0.5) is 19.0 Å². The van der Waals surface area contributed by atoms with E-state index in [0.717, 1.165) is 35.9 Å². The number of hydrogen-bond donors (Lipinski definition) is 1. The number of carbonyl (C=O) groups is 1. The van der Waals surface area contributed by atoms with Crippen molar-refractivity contribution in [2.45, 2.75) is 12.6 Å². The number of nitrogens with zero attached hydrogens (tertiary/aromatic N) is 1. The number of carbonyl (C=O) groups excluding carboxylic acids is 1. The fourth-order valence-corrected chi connectivity index (χ4v) is 2.69. The minimum atomic E-state index is -4.47. The van der Waals surface area contributed by atoms with Crippen LogP contribution in [-0.4, -0.2) is 10.9 Å². The number of nitrogens with one attached hydrogen (secondary N) is 1. The van der Waals surface area contributed by atoms with Crippen LogP contribution in [0, 0.1) is 0 Å². The number of anilines is 1. The van der Waals surface area contributed by atoms with Gasteiger partial charge in [0.05, 0.1) is 5.56 Å². The summed E-state index contributed by atoms with van der Waals surface area (Å²) in [6.07, 6.45) is 3.04. The van der Waals surface area contributed by atoms with Crippen LogP contribution in [0.1, 0.15) is 12.0 Å². The lowest BCUT2D eigenvalue weighted by Gasteiger charge is -2.11. The van der Waals surface area contributed by atoms with E-state index in [0.29, 0.717) is 5.57 Å². The van der Waals surface area contributed by atoms with E-state index in [1.54, 1.807) is 6.08 Å². The summed E-state index contributed by atoms with van der Waals surface area (Å²) in [7, 11) is 0. The Hall–Kier alpha value is -2.63. The van der Waals surface area contributed by atoms with E-state index in [1.807, 2.05) is 12.2 Å². The third kappa shape index (κ3) is 1.99. The number of allylic oxidation sites excluding steroid dienone is 6. The molecule has 0 atom stereocenters. The molecule has 1 aromatic rings. The Morgan fingerprint density at radius 2 is 2.05 bits per heavy atom. The number of fused-ring (bicyclic) bond motifs is 2. The average molecular weight is 302 g/mol. The van der Waals surface area contributed by atoms with Crippen LogP contribution >= 0.6 is 0 Å². The van der Waals surface area contributed by atoms with Gasteiger partial charge >= 0.3 is 6.18 Å². The van der Waals surface area contributed by atoms with E-state index in [9.17, 15) is 18.0 Å². The van der Waals surface area contributed by atoms with Gasteiger partial charge in [0.15, 0.2) is 0 Å². The molecular weight excluding hydrogens is 293 g/mol. The van der Waals surface area contributed by atoms with Gasteiger partial charge in [0, 0.05) is 11.8 Å². The van der Waals surface area contributed by atoms with Gasteiger partial charge in [-0.2, -0.15) is 13.2 Å². The third-order valence-corrected chi connectivity index (χ3v) is 3.84. The highest BCUT2D eigenvalue weighted by atomic mass is 19.4. The van der Waals surface area contributed by atoms with Crippen LogP contribution in [0.2, 0.25) is 0 Å². The first-order valence-electron chi connectivity index (χ1n) is 6.65. The summed E-state index contributed by atoms with van der Waals surface area (Å²) in [5.41, 5.74) is 4.01. The Morgan fingerprint density at radius 1 is 1.23 bits per heavy atom. The van der Waals surface area contributed by atoms with Gasteiger partial charge < -0.3 is 5.32 Å². The van der Waals surface area contributed by atoms with Crippen LogP contribution < -0.4 is 5.32 Å². The van der Waals surface area contributed by atoms with Gasteiger partial charge in [-0.05, 0) is 53.0 Å². The minimum Gasteiger partial charge on any atom is -0.307 e. The summed E-state index contributed by atoms with van der Waals surface area (Å²) in [6, 6.07) is 1.69. The molecule has 110 valence electrons. The van der Waals surface area contributed by atoms with Gasteiger partial charge in [0.25, 0.3) is 5.91 Å². The third-order valence-electron chi connectivity index (χ3n) is 3.84. The first-order valence-corrected chi connectivity index (χ1v) is 6.65. The topological polar surface area (TPSA) is 42.0 Å². The summed E-state index contributed by atoms with van der Waals surface area (Å²) < 4.78 is 38.0. The molecule has 0 aromatic carbocycles. The number of alkyl halides is 3. The van der Waals surface area contributed by atoms with E-state index in [1.165, 1.54) is 11.1 Å². The molecule has 3 aliphatic rings. The molecule has 0 radical (unpaired) electrons. The number of pyridine rings is 1. The minimum absolute atomic E-state index is 0.113. The van der Waals surface area contributed by atoms with E-state index >= 15 is 0 Å². The molecule has 0 unspecified atom stereocenters. The zero-order chi connectivity index (χ0) is 15.5. The predicted octanol–water partition coefficient (Wildman–Crippen LogP) is 3.55. The predicted molar refractivity (Wildman–Crippen MR) is 73.8 cm³/mol. The van der Waals surface area contributed by atoms with Crippen LogP contribution in [0.5, 0.6) is 0 Å². The smallest absolute Gasteiger partial charge is 0.307 e. The lowest BCUT2D eigenvalue weighted by atomic mass is 10.0. The number of hydrogen-bond acceptors (Lipinski definition) is 2. The molecule has 0 bridgehead atoms. The maximum Gasteiger partial charge on any atom is 0.416 e. The highest BCUT2D eigenvalue weighted by Crippen LogP contribution is 2.51. The van der Waals surface area contributed by atoms with Crippen molar-refractivity contribution in [3.8, 4) is 0 Å². The molecule has 1 amide bonds. The van der Waals surface area contributed by atoms with Gasteiger partial charge in [-0.1, -0.05) is 6.08 Å². The molecule has 0 fully saturated rings. The van der Waals surface area contributed by atoms with Crippen molar-refractivity contribution in [1.82, 2.24) is 4.98 Å². The number of aromatic nitrogens is 1. The van der Waals surface area contributed by atoms with Crippen molar-refractivity contribution >= 4 is 11.7 Å². The Balaban J connectivity index is 1.53. The van der Waals surface area contributed by atoms with Crippen molar-refractivity contribution < 1.29 is 18.0 Å².